The predicted molar refractivity (Wildman–Crippen MR) is 132 cm³/mol. The summed E-state index contributed by atoms with van der Waals surface area (Å²) in [6.45, 7) is 0.115. The van der Waals surface area contributed by atoms with Crippen molar-refractivity contribution < 1.29 is 28.6 Å². The Morgan fingerprint density at radius 3 is 2.59 bits per heavy atom. The zero-order valence-corrected chi connectivity index (χ0v) is 20.1. The van der Waals surface area contributed by atoms with E-state index in [4.69, 9.17) is 16.3 Å². The number of pyridine rings is 2. The number of halogens is 2. The Balaban J connectivity index is 1.54. The number of likely N-dealkylation sites (tertiary alicyclic amines) is 1. The quantitative estimate of drug-likeness (QED) is 0.445. The van der Waals surface area contributed by atoms with Crippen LogP contribution in [-0.4, -0.2) is 63.3 Å². The smallest absolute Gasteiger partial charge is 0.352 e. The van der Waals surface area contributed by atoms with Gasteiger partial charge in [0.15, 0.2) is 0 Å². The van der Waals surface area contributed by atoms with E-state index < -0.39 is 41.4 Å². The van der Waals surface area contributed by atoms with E-state index in [9.17, 15) is 28.7 Å². The summed E-state index contributed by atoms with van der Waals surface area (Å²) in [6.07, 6.45) is 1.11. The number of aromatic nitrogens is 2. The molecule has 1 aromatic carbocycles. The Morgan fingerprint density at radius 1 is 1.16 bits per heavy atom. The van der Waals surface area contributed by atoms with Crippen LogP contribution < -0.4 is 16.2 Å². The minimum absolute atomic E-state index is 0.0321. The third kappa shape index (κ3) is 5.60. The molecular weight excluding hydrogens is 509 g/mol. The van der Waals surface area contributed by atoms with Crippen LogP contribution in [0.2, 0.25) is 5.02 Å². The second-order valence-corrected chi connectivity index (χ2v) is 8.53. The SMILES string of the molecule is COC1CC(C(=O)Nc2ccc(-n3c(C(=O)O)cccc3=O)cc2F)N(C(=O)Nc2ccc(Cl)cn2)C1. The van der Waals surface area contributed by atoms with Crippen LogP contribution in [0.1, 0.15) is 16.9 Å². The molecule has 11 nitrogen and oxygen atoms in total. The molecule has 3 N–H and O–H groups in total. The fourth-order valence-corrected chi connectivity index (χ4v) is 4.07. The number of hydrogen-bond donors (Lipinski definition) is 3. The monoisotopic (exact) mass is 529 g/mol. The van der Waals surface area contributed by atoms with Gasteiger partial charge in [0.05, 0.1) is 22.5 Å². The number of hydrogen-bond acceptors (Lipinski definition) is 6. The van der Waals surface area contributed by atoms with Gasteiger partial charge in [0, 0.05) is 38.4 Å². The summed E-state index contributed by atoms with van der Waals surface area (Å²) in [6, 6.07) is 8.56. The molecular formula is C24H21ClFN5O6. The summed E-state index contributed by atoms with van der Waals surface area (Å²) in [5, 5.41) is 14.8. The second kappa shape index (κ2) is 10.8. The van der Waals surface area contributed by atoms with Crippen molar-refractivity contribution in [2.24, 2.45) is 0 Å². The molecule has 1 saturated heterocycles. The maximum Gasteiger partial charge on any atom is 0.352 e. The van der Waals surface area contributed by atoms with Crippen molar-refractivity contribution in [2.45, 2.75) is 18.6 Å². The average molecular weight is 530 g/mol. The van der Waals surface area contributed by atoms with Crippen molar-refractivity contribution >= 4 is 41.0 Å². The highest BCUT2D eigenvalue weighted by Gasteiger charge is 2.40. The Bertz CT molecular complexity index is 1410. The molecule has 1 aliphatic rings. The fourth-order valence-electron chi connectivity index (χ4n) is 3.96. The second-order valence-electron chi connectivity index (χ2n) is 8.10. The first kappa shape index (κ1) is 25.8. The molecule has 1 fully saturated rings. The van der Waals surface area contributed by atoms with Crippen molar-refractivity contribution in [3.8, 4) is 5.69 Å². The number of urea groups is 1. The van der Waals surface area contributed by atoms with Crippen LogP contribution >= 0.6 is 11.6 Å². The summed E-state index contributed by atoms with van der Waals surface area (Å²) < 4.78 is 21.1. The van der Waals surface area contributed by atoms with Crippen molar-refractivity contribution in [2.75, 3.05) is 24.3 Å². The van der Waals surface area contributed by atoms with Gasteiger partial charge in [-0.05, 0) is 30.3 Å². The van der Waals surface area contributed by atoms with Gasteiger partial charge in [-0.2, -0.15) is 0 Å². The Labute approximate surface area is 214 Å². The summed E-state index contributed by atoms with van der Waals surface area (Å²) >= 11 is 5.81. The number of benzene rings is 1. The number of amides is 3. The average Bonchev–Trinajstić information content (AvgIpc) is 3.31. The molecule has 0 radical (unpaired) electrons. The lowest BCUT2D eigenvalue weighted by Gasteiger charge is -2.24. The van der Waals surface area contributed by atoms with Crippen LogP contribution in [0.5, 0.6) is 0 Å². The first-order chi connectivity index (χ1) is 17.7. The molecule has 0 aliphatic carbocycles. The molecule has 37 heavy (non-hydrogen) atoms. The summed E-state index contributed by atoms with van der Waals surface area (Å²) in [5.74, 6) is -2.70. The summed E-state index contributed by atoms with van der Waals surface area (Å²) in [5.41, 5.74) is -1.26. The molecule has 4 rings (SSSR count). The van der Waals surface area contributed by atoms with Crippen LogP contribution in [0.15, 0.2) is 59.5 Å². The predicted octanol–water partition coefficient (Wildman–Crippen LogP) is 2.98. The van der Waals surface area contributed by atoms with E-state index in [2.05, 4.69) is 15.6 Å². The number of carbonyl (C=O) groups excluding carboxylic acids is 2. The summed E-state index contributed by atoms with van der Waals surface area (Å²) in [7, 11) is 1.46. The summed E-state index contributed by atoms with van der Waals surface area (Å²) in [4.78, 5) is 54.9. The van der Waals surface area contributed by atoms with E-state index in [-0.39, 0.29) is 35.9 Å². The van der Waals surface area contributed by atoms with Crippen LogP contribution in [-0.2, 0) is 9.53 Å². The topological polar surface area (TPSA) is 143 Å². The number of ether oxygens (including phenoxy) is 1. The minimum atomic E-state index is -1.36. The number of anilines is 2. The first-order valence-corrected chi connectivity index (χ1v) is 11.3. The number of nitrogens with zero attached hydrogens (tertiary/aromatic N) is 3. The molecule has 3 heterocycles. The lowest BCUT2D eigenvalue weighted by Crippen LogP contribution is -2.45. The van der Waals surface area contributed by atoms with Gasteiger partial charge in [0.2, 0.25) is 5.91 Å². The fraction of sp³-hybridized carbons (Fsp3) is 0.208. The van der Waals surface area contributed by atoms with Crippen LogP contribution in [0, 0.1) is 5.82 Å². The van der Waals surface area contributed by atoms with E-state index in [1.165, 1.54) is 48.5 Å². The molecule has 2 aromatic heterocycles. The molecule has 0 saturated carbocycles. The lowest BCUT2D eigenvalue weighted by molar-refractivity contribution is -0.119. The van der Waals surface area contributed by atoms with Gasteiger partial charge in [-0.3, -0.25) is 19.5 Å². The molecule has 0 spiro atoms. The number of carboxylic acid groups (broad SMARTS) is 1. The van der Waals surface area contributed by atoms with Crippen molar-refractivity contribution in [3.05, 3.63) is 81.6 Å². The highest BCUT2D eigenvalue weighted by atomic mass is 35.5. The van der Waals surface area contributed by atoms with Gasteiger partial charge < -0.3 is 20.1 Å². The number of methoxy groups -OCH3 is 1. The van der Waals surface area contributed by atoms with Gasteiger partial charge in [-0.25, -0.2) is 19.0 Å². The minimum Gasteiger partial charge on any atom is -0.477 e. The van der Waals surface area contributed by atoms with E-state index in [0.29, 0.717) is 5.02 Å². The zero-order valence-electron chi connectivity index (χ0n) is 19.4. The highest BCUT2D eigenvalue weighted by Crippen LogP contribution is 2.25. The van der Waals surface area contributed by atoms with Crippen LogP contribution in [0.3, 0.4) is 0 Å². The van der Waals surface area contributed by atoms with Gasteiger partial charge in [0.25, 0.3) is 5.56 Å². The molecule has 1 aliphatic heterocycles. The third-order valence-corrected chi connectivity index (χ3v) is 5.99. The van der Waals surface area contributed by atoms with E-state index in [0.717, 1.165) is 16.7 Å². The third-order valence-electron chi connectivity index (χ3n) is 5.76. The van der Waals surface area contributed by atoms with Crippen molar-refractivity contribution in [1.29, 1.82) is 0 Å². The van der Waals surface area contributed by atoms with E-state index in [1.54, 1.807) is 6.07 Å². The number of carboxylic acids is 1. The molecule has 3 amide bonds. The van der Waals surface area contributed by atoms with Gasteiger partial charge in [-0.15, -0.1) is 0 Å². The Morgan fingerprint density at radius 2 is 1.95 bits per heavy atom. The van der Waals surface area contributed by atoms with Crippen molar-refractivity contribution in [1.82, 2.24) is 14.5 Å². The molecule has 192 valence electrons. The van der Waals surface area contributed by atoms with E-state index in [1.807, 2.05) is 0 Å². The maximum atomic E-state index is 15.0. The number of carbonyl (C=O) groups is 3. The molecule has 0 bridgehead atoms. The number of nitrogens with one attached hydrogen (secondary N) is 2. The molecule has 3 aromatic rings. The normalized spacial score (nSPS) is 16.9. The lowest BCUT2D eigenvalue weighted by atomic mass is 10.1. The van der Waals surface area contributed by atoms with Gasteiger partial charge >= 0.3 is 12.0 Å². The van der Waals surface area contributed by atoms with Gasteiger partial charge in [0.1, 0.15) is 23.4 Å². The Kier molecular flexibility index (Phi) is 7.50. The van der Waals surface area contributed by atoms with Crippen LogP contribution in [0.25, 0.3) is 5.69 Å². The largest absolute Gasteiger partial charge is 0.477 e. The van der Waals surface area contributed by atoms with Crippen LogP contribution in [0.4, 0.5) is 20.7 Å². The van der Waals surface area contributed by atoms with Crippen molar-refractivity contribution in [3.63, 3.8) is 0 Å². The molecule has 2 unspecified atom stereocenters. The Hall–Kier alpha value is -4.29. The molecule has 2 atom stereocenters. The zero-order chi connectivity index (χ0) is 26.7. The first-order valence-electron chi connectivity index (χ1n) is 11.0. The van der Waals surface area contributed by atoms with E-state index >= 15 is 0 Å². The number of rotatable bonds is 6. The van der Waals surface area contributed by atoms with Gasteiger partial charge in [-0.1, -0.05) is 17.7 Å². The maximum absolute atomic E-state index is 15.0. The molecule has 13 heteroatoms. The standard InChI is InChI=1S/C24H21ClFN5O6/c1-37-15-10-19(30(12-15)24(36)29-20-8-5-13(25)11-27-20)22(33)28-17-7-6-14(9-16(17)26)31-18(23(34)35)3-2-4-21(31)32/h2-9,11,15,19H,10,12H2,1H3,(H,28,33)(H,34,35)(H,27,29,36). The highest BCUT2D eigenvalue weighted by molar-refractivity contribution is 6.30. The number of aromatic carboxylic acids is 1.